The first kappa shape index (κ1) is 25.6. The van der Waals surface area contributed by atoms with Gasteiger partial charge < -0.3 is 0 Å². The maximum Gasteiger partial charge on any atom is 0.306 e. The topological polar surface area (TPSA) is 82.6 Å². The molecule has 1 N–H and O–H groups in total. The Morgan fingerprint density at radius 3 is 2.25 bits per heavy atom. The Balaban J connectivity index is 1.22. The molecule has 0 aliphatic carbocycles. The van der Waals surface area contributed by atoms with Crippen LogP contribution in [0, 0.1) is 11.8 Å². The van der Waals surface area contributed by atoms with Gasteiger partial charge >= 0.3 is 5.88 Å². The average Bonchev–Trinajstić information content (AvgIpc) is 3.37. The molecule has 8 heteroatoms. The zero-order chi connectivity index (χ0) is 25.3. The van der Waals surface area contributed by atoms with Crippen LogP contribution < -0.4 is 15.1 Å². The number of carbonyl (C=O) groups is 2. The number of anilines is 1. The summed E-state index contributed by atoms with van der Waals surface area (Å²) >= 11 is 0. The van der Waals surface area contributed by atoms with Crippen LogP contribution in [0.25, 0.3) is 0 Å². The lowest BCUT2D eigenvalue weighted by molar-refractivity contribution is -0.759. The summed E-state index contributed by atoms with van der Waals surface area (Å²) < 4.78 is 5.31. The molecule has 1 aromatic heterocycles. The molecule has 4 rings (SSSR count). The Morgan fingerprint density at radius 2 is 1.61 bits per heavy atom. The first-order valence-corrected chi connectivity index (χ1v) is 12.8. The van der Waals surface area contributed by atoms with Gasteiger partial charge in [0.1, 0.15) is 0 Å². The van der Waals surface area contributed by atoms with Gasteiger partial charge in [-0.25, -0.2) is 0 Å². The van der Waals surface area contributed by atoms with E-state index in [1.54, 1.807) is 23.1 Å². The van der Waals surface area contributed by atoms with Gasteiger partial charge in [-0.3, -0.25) is 24.3 Å². The van der Waals surface area contributed by atoms with Crippen LogP contribution in [0.1, 0.15) is 53.8 Å². The number of nitrogens with zero attached hydrogens (tertiary/aromatic N) is 4. The van der Waals surface area contributed by atoms with Gasteiger partial charge in [0.2, 0.25) is 5.27 Å². The van der Waals surface area contributed by atoms with Crippen LogP contribution >= 0.6 is 0 Å². The smallest absolute Gasteiger partial charge is 0.299 e. The number of hydrogen-bond donors (Lipinski definition) is 1. The fourth-order valence-corrected chi connectivity index (χ4v) is 4.69. The summed E-state index contributed by atoms with van der Waals surface area (Å²) in [7, 11) is 0. The number of rotatable bonds is 11. The molecule has 2 heterocycles. The summed E-state index contributed by atoms with van der Waals surface area (Å²) in [6.45, 7) is 8.78. The van der Waals surface area contributed by atoms with E-state index in [1.165, 1.54) is 0 Å². The molecule has 190 valence electrons. The van der Waals surface area contributed by atoms with E-state index in [1.807, 2.05) is 48.5 Å². The molecule has 1 amide bonds. The van der Waals surface area contributed by atoms with E-state index < -0.39 is 0 Å². The maximum absolute atomic E-state index is 13.0. The highest BCUT2D eigenvalue weighted by molar-refractivity contribution is 6.03. The standard InChI is InChI=1S/C28H35N5O3/c1-22(2)20-25(27(34)23-10-5-3-6-11-23)14-9-15-31-16-18-32(19-17-31)33-21-26(36-30-33)29-28(35)24-12-7-4-8-13-24/h3-8,10-13,21-22,25H,9,14-20H2,1-2H3/p+1. The largest absolute Gasteiger partial charge is 0.306 e. The van der Waals surface area contributed by atoms with Gasteiger partial charge in [0, 0.05) is 30.1 Å². The Hall–Kier alpha value is -3.52. The van der Waals surface area contributed by atoms with Crippen molar-refractivity contribution < 1.29 is 18.9 Å². The molecule has 0 spiro atoms. The van der Waals surface area contributed by atoms with Crippen molar-refractivity contribution in [3.05, 3.63) is 78.0 Å². The third-order valence-electron chi connectivity index (χ3n) is 6.58. The number of aromatic nitrogens is 2. The normalized spacial score (nSPS) is 15.1. The highest BCUT2D eigenvalue weighted by Crippen LogP contribution is 2.22. The SMILES string of the molecule is CC(C)CC(CCCN1CCN([n+]2cc(NC(=O)c3ccccc3)on2)CC1)C(=O)c1ccccc1. The van der Waals surface area contributed by atoms with Crippen molar-refractivity contribution in [2.45, 2.75) is 33.1 Å². The minimum atomic E-state index is -0.231. The van der Waals surface area contributed by atoms with E-state index in [9.17, 15) is 9.59 Å². The van der Waals surface area contributed by atoms with Crippen LogP contribution in [0.5, 0.6) is 0 Å². The van der Waals surface area contributed by atoms with Crippen molar-refractivity contribution in [3.63, 3.8) is 0 Å². The Bertz CT molecular complexity index is 1110. The molecule has 0 radical (unpaired) electrons. The lowest BCUT2D eigenvalue weighted by Gasteiger charge is -2.30. The van der Waals surface area contributed by atoms with E-state index in [2.05, 4.69) is 34.3 Å². The third kappa shape index (κ3) is 7.01. The van der Waals surface area contributed by atoms with Crippen LogP contribution in [-0.2, 0) is 0 Å². The summed E-state index contributed by atoms with van der Waals surface area (Å²) in [6.07, 6.45) is 4.53. The molecular weight excluding hydrogens is 454 g/mol. The molecule has 2 aromatic carbocycles. The lowest BCUT2D eigenvalue weighted by atomic mass is 9.86. The molecule has 1 aliphatic heterocycles. The van der Waals surface area contributed by atoms with E-state index in [0.717, 1.165) is 57.5 Å². The zero-order valence-corrected chi connectivity index (χ0v) is 21.2. The molecule has 8 nitrogen and oxygen atoms in total. The summed E-state index contributed by atoms with van der Waals surface area (Å²) in [5.41, 5.74) is 1.39. The van der Waals surface area contributed by atoms with Crippen LogP contribution in [-0.4, -0.2) is 54.6 Å². The van der Waals surface area contributed by atoms with Crippen molar-refractivity contribution in [1.82, 2.24) is 10.2 Å². The van der Waals surface area contributed by atoms with Gasteiger partial charge in [-0.2, -0.15) is 5.01 Å². The molecule has 3 aromatic rings. The predicted octanol–water partition coefficient (Wildman–Crippen LogP) is 3.79. The molecule has 0 saturated carbocycles. The maximum atomic E-state index is 13.0. The Morgan fingerprint density at radius 1 is 0.972 bits per heavy atom. The molecule has 1 fully saturated rings. The molecular formula is C28H36N5O3+. The fraction of sp³-hybridized carbons (Fsp3) is 0.429. The van der Waals surface area contributed by atoms with Gasteiger partial charge in [-0.05, 0) is 43.9 Å². The quantitative estimate of drug-likeness (QED) is 0.325. The van der Waals surface area contributed by atoms with Gasteiger partial charge in [-0.1, -0.05) is 62.4 Å². The van der Waals surface area contributed by atoms with Gasteiger partial charge in [0.05, 0.1) is 17.9 Å². The van der Waals surface area contributed by atoms with Crippen molar-refractivity contribution in [3.8, 4) is 0 Å². The second kappa shape index (κ2) is 12.4. The summed E-state index contributed by atoms with van der Waals surface area (Å²) in [4.78, 5) is 29.5. The van der Waals surface area contributed by atoms with E-state index >= 15 is 0 Å². The number of benzene rings is 2. The van der Waals surface area contributed by atoms with Gasteiger partial charge in [0.15, 0.2) is 5.78 Å². The van der Waals surface area contributed by atoms with Crippen LogP contribution in [0.3, 0.4) is 0 Å². The summed E-state index contributed by atoms with van der Waals surface area (Å²) in [5, 5.41) is 8.91. The lowest BCUT2D eigenvalue weighted by Crippen LogP contribution is -2.65. The minimum absolute atomic E-state index is 0.0730. The molecule has 1 atom stereocenters. The van der Waals surface area contributed by atoms with Crippen molar-refractivity contribution in [2.24, 2.45) is 11.8 Å². The average molecular weight is 491 g/mol. The number of Topliss-reactive ketones (excluding diaryl/α,β-unsaturated/α-hetero) is 1. The monoisotopic (exact) mass is 490 g/mol. The van der Waals surface area contributed by atoms with Crippen LogP contribution in [0.4, 0.5) is 5.88 Å². The molecule has 1 aliphatic rings. The molecule has 1 unspecified atom stereocenters. The third-order valence-corrected chi connectivity index (χ3v) is 6.58. The van der Waals surface area contributed by atoms with Crippen molar-refractivity contribution in [1.29, 1.82) is 0 Å². The second-order valence-corrected chi connectivity index (χ2v) is 9.80. The number of hydrogen-bond acceptors (Lipinski definition) is 6. The van der Waals surface area contributed by atoms with E-state index in [4.69, 9.17) is 4.52 Å². The van der Waals surface area contributed by atoms with E-state index in [-0.39, 0.29) is 17.6 Å². The molecule has 1 saturated heterocycles. The van der Waals surface area contributed by atoms with Gasteiger partial charge in [-0.15, -0.1) is 0 Å². The zero-order valence-electron chi connectivity index (χ0n) is 21.2. The van der Waals surface area contributed by atoms with Crippen molar-refractivity contribution in [2.75, 3.05) is 43.0 Å². The minimum Gasteiger partial charge on any atom is -0.299 e. The Labute approximate surface area is 212 Å². The number of amides is 1. The van der Waals surface area contributed by atoms with Gasteiger partial charge in [0.25, 0.3) is 12.1 Å². The first-order chi connectivity index (χ1) is 17.5. The molecule has 36 heavy (non-hydrogen) atoms. The molecule has 0 bridgehead atoms. The van der Waals surface area contributed by atoms with Crippen LogP contribution in [0.2, 0.25) is 0 Å². The van der Waals surface area contributed by atoms with Crippen LogP contribution in [0.15, 0.2) is 71.4 Å². The highest BCUT2D eigenvalue weighted by Gasteiger charge is 2.27. The first-order valence-electron chi connectivity index (χ1n) is 12.8. The number of ketones is 1. The summed E-state index contributed by atoms with van der Waals surface area (Å²) in [6, 6.07) is 18.7. The highest BCUT2D eigenvalue weighted by atomic mass is 16.5. The number of piperazine rings is 1. The fourth-order valence-electron chi connectivity index (χ4n) is 4.69. The predicted molar refractivity (Wildman–Crippen MR) is 138 cm³/mol. The Kier molecular flexibility index (Phi) is 8.84. The summed E-state index contributed by atoms with van der Waals surface area (Å²) in [5.74, 6) is 0.916. The second-order valence-electron chi connectivity index (χ2n) is 9.80. The van der Waals surface area contributed by atoms with E-state index in [0.29, 0.717) is 17.4 Å². The number of carbonyl (C=O) groups excluding carboxylic acids is 2. The van der Waals surface area contributed by atoms with Crippen molar-refractivity contribution >= 4 is 17.6 Å². The number of nitrogens with one attached hydrogen (secondary N) is 1.